The second-order valence-corrected chi connectivity index (χ2v) is 32.7. The molecule has 0 saturated carbocycles. The topological polar surface area (TPSA) is 285 Å². The molecule has 0 bridgehead atoms. The number of alkyl halides is 3. The molecule has 0 amide bonds. The molecular formula is C42H98Cl3IKO20P5. The van der Waals surface area contributed by atoms with Gasteiger partial charge in [-0.1, -0.05) is 34.2 Å². The van der Waals surface area contributed by atoms with Crippen LogP contribution in [0.2, 0.25) is 0 Å². The van der Waals surface area contributed by atoms with Gasteiger partial charge in [-0.15, -0.1) is 33.1 Å². The monoisotopic (exact) mass is 1350 g/mol. The molecule has 72 heavy (non-hydrogen) atoms. The summed E-state index contributed by atoms with van der Waals surface area (Å²) in [6.45, 7) is 51.7. The van der Waals surface area contributed by atoms with Crippen molar-refractivity contribution in [3.8, 4) is 0 Å². The van der Waals surface area contributed by atoms with Crippen LogP contribution in [0, 0.1) is 0 Å². The third-order valence-corrected chi connectivity index (χ3v) is 12.3. The van der Waals surface area contributed by atoms with Gasteiger partial charge in [0.05, 0.1) is 48.7 Å². The fourth-order valence-electron chi connectivity index (χ4n) is 3.36. The molecule has 0 spiro atoms. The predicted octanol–water partition coefficient (Wildman–Crippen LogP) is 12.3. The van der Waals surface area contributed by atoms with Gasteiger partial charge < -0.3 is 38.3 Å². The summed E-state index contributed by atoms with van der Waals surface area (Å²) in [4.78, 5) is 31.8. The first-order valence-electron chi connectivity index (χ1n) is 21.6. The SMILES string of the molecule is CC(C)(C)OP(=O)(O)OC(C)(C)C.CC(C)(C)OP(=O)(OCCl)OC(C)(C)C.CC(C)(C)OP(=O)([O-])OC(C)(C)C.CC(C)(C)OP(=O)([O-])OC(C)(C)C.CC(C)(C)O[P+](=O)OC(C)(C)C.Cl.ClCI.O.[K+]. The molecule has 0 saturated heterocycles. The van der Waals surface area contributed by atoms with Crippen LogP contribution in [0.3, 0.4) is 0 Å². The zero-order chi connectivity index (χ0) is 57.8. The normalized spacial score (nSPS) is 13.4. The Morgan fingerprint density at radius 3 is 0.722 bits per heavy atom. The molecule has 0 fully saturated rings. The second-order valence-electron chi connectivity index (χ2n) is 24.4. The molecule has 0 rings (SSSR count). The Balaban J connectivity index is -0.0000000961. The summed E-state index contributed by atoms with van der Waals surface area (Å²) in [6.07, 6.45) is 0. The maximum Gasteiger partial charge on any atom is 1.00 e. The molecule has 20 nitrogen and oxygen atoms in total. The Labute approximate surface area is 510 Å². The molecule has 0 atom stereocenters. The number of phosphoric acid groups is 4. The van der Waals surface area contributed by atoms with Gasteiger partial charge in [0, 0.05) is 4.57 Å². The van der Waals surface area contributed by atoms with Crippen molar-refractivity contribution in [3.63, 3.8) is 0 Å². The fraction of sp³-hybridized carbons (Fsp3) is 1.00. The molecule has 0 aliphatic heterocycles. The van der Waals surface area contributed by atoms with Crippen LogP contribution >= 0.6 is 97.7 Å². The van der Waals surface area contributed by atoms with Gasteiger partial charge in [0.1, 0.15) is 17.3 Å². The van der Waals surface area contributed by atoms with Crippen molar-refractivity contribution in [2.24, 2.45) is 0 Å². The minimum Gasteiger partial charge on any atom is -0.756 e. The first-order valence-corrected chi connectivity index (χ1v) is 31.2. The maximum absolute atomic E-state index is 12.1. The van der Waals surface area contributed by atoms with Gasteiger partial charge in [-0.3, -0.25) is 31.7 Å². The van der Waals surface area contributed by atoms with Gasteiger partial charge in [-0.05, 0) is 208 Å². The summed E-state index contributed by atoms with van der Waals surface area (Å²) in [5, 5.41) is 0. The van der Waals surface area contributed by atoms with E-state index in [-0.39, 0.29) is 75.3 Å². The fourth-order valence-corrected chi connectivity index (χ4v) is 10.4. The number of hydrogen-bond donors (Lipinski definition) is 1. The number of phosphoric ester groups is 4. The van der Waals surface area contributed by atoms with Crippen molar-refractivity contribution in [2.75, 3.05) is 9.95 Å². The first-order chi connectivity index (χ1) is 29.2. The standard InChI is InChI=1S/C9H20ClO4P.3C8H19O4P.C8H18O3P.CH2ClI.ClH.K.H2O/c1-8(2,3)13-15(11,12-7-10)14-9(4,5)6;3*1-7(2,3)11-13(9,10)12-8(4,5)6;1-7(2,3)10-12(9)11-8(4,5)6;2-1-3;;;/h7H2,1-6H3;3*1-6H3,(H,9,10);1-6H3;1H2;1H;;1H2/q;;;;+1;;;+1;/p-2. The third kappa shape index (κ3) is 90.2. The number of hydrogen-bond acceptors (Lipinski definition) is 18. The van der Waals surface area contributed by atoms with Crippen LogP contribution in [0.25, 0.3) is 0 Å². The van der Waals surface area contributed by atoms with Gasteiger partial charge in [-0.2, -0.15) is 0 Å². The van der Waals surface area contributed by atoms with Crippen LogP contribution in [0.1, 0.15) is 208 Å². The van der Waals surface area contributed by atoms with E-state index in [1.165, 1.54) is 0 Å². The molecule has 0 radical (unpaired) electrons. The van der Waals surface area contributed by atoms with Crippen molar-refractivity contribution < 1.29 is 144 Å². The van der Waals surface area contributed by atoms with E-state index in [4.69, 9.17) is 73.0 Å². The molecule has 3 N–H and O–H groups in total. The van der Waals surface area contributed by atoms with Crippen LogP contribution in [-0.2, 0) is 72.6 Å². The van der Waals surface area contributed by atoms with Crippen LogP contribution < -0.4 is 61.2 Å². The summed E-state index contributed by atoms with van der Waals surface area (Å²) in [7, 11) is -17.9. The maximum atomic E-state index is 12.1. The third-order valence-electron chi connectivity index (χ3n) is 4.00. The van der Waals surface area contributed by atoms with Crippen molar-refractivity contribution >= 4 is 97.7 Å². The van der Waals surface area contributed by atoms with Crippen LogP contribution in [0.5, 0.6) is 0 Å². The zero-order valence-electron chi connectivity index (χ0n) is 49.5. The molecule has 30 heteroatoms. The molecule has 0 aromatic rings. The van der Waals surface area contributed by atoms with Crippen molar-refractivity contribution in [1.82, 2.24) is 0 Å². The van der Waals surface area contributed by atoms with Crippen molar-refractivity contribution in [3.05, 3.63) is 0 Å². The van der Waals surface area contributed by atoms with Crippen molar-refractivity contribution in [2.45, 2.75) is 264 Å². The van der Waals surface area contributed by atoms with Gasteiger partial charge in [0.15, 0.2) is 0 Å². The Morgan fingerprint density at radius 2 is 0.597 bits per heavy atom. The smallest absolute Gasteiger partial charge is 0.756 e. The predicted molar refractivity (Wildman–Crippen MR) is 296 cm³/mol. The summed E-state index contributed by atoms with van der Waals surface area (Å²) in [5.74, 6) is 0. The van der Waals surface area contributed by atoms with E-state index in [9.17, 15) is 37.5 Å². The van der Waals surface area contributed by atoms with Crippen LogP contribution in [0.15, 0.2) is 0 Å². The Bertz CT molecular complexity index is 1420. The summed E-state index contributed by atoms with van der Waals surface area (Å²) in [5.41, 5.74) is -6.43. The Hall–Kier alpha value is 3.66. The molecule has 0 aliphatic rings. The molecule has 0 unspecified atom stereocenters. The van der Waals surface area contributed by atoms with E-state index < -0.39 is 95.6 Å². The van der Waals surface area contributed by atoms with E-state index in [2.05, 4.69) is 22.6 Å². The van der Waals surface area contributed by atoms with E-state index in [1.807, 2.05) is 41.5 Å². The molecular weight excluding hydrogens is 1250 g/mol. The molecule has 0 aromatic heterocycles. The largest absolute Gasteiger partial charge is 1.00 e. The average molecular weight is 1350 g/mol. The average Bonchev–Trinajstić information content (AvgIpc) is 2.81. The molecule has 0 aliphatic carbocycles. The van der Waals surface area contributed by atoms with Crippen LogP contribution in [-0.4, -0.2) is 76.3 Å². The first kappa shape index (κ1) is 94.9. The minimum atomic E-state index is -4.19. The van der Waals surface area contributed by atoms with Gasteiger partial charge in [0.25, 0.3) is 15.6 Å². The Morgan fingerprint density at radius 1 is 0.431 bits per heavy atom. The Kier molecular flexibility index (Phi) is 49.7. The number of rotatable bonds is 12. The van der Waals surface area contributed by atoms with Gasteiger partial charge >= 0.3 is 75.3 Å². The molecule has 0 aromatic carbocycles. The quantitative estimate of drug-likeness (QED) is 0.0822. The molecule has 0 heterocycles. The summed E-state index contributed by atoms with van der Waals surface area (Å²) >= 11 is 12.4. The van der Waals surface area contributed by atoms with E-state index in [0.717, 1.165) is 0 Å². The van der Waals surface area contributed by atoms with Crippen LogP contribution in [0.4, 0.5) is 0 Å². The molecule has 440 valence electrons. The summed E-state index contributed by atoms with van der Waals surface area (Å²) in [6, 6.07) is -0.233. The van der Waals surface area contributed by atoms with E-state index in [1.54, 1.807) is 166 Å². The number of halogens is 4. The van der Waals surface area contributed by atoms with Gasteiger partial charge in [0.2, 0.25) is 0 Å². The van der Waals surface area contributed by atoms with E-state index in [0.29, 0.717) is 3.89 Å². The zero-order valence-corrected chi connectivity index (χ0v) is 61.6. The minimum absolute atomic E-state index is 0. The second kappa shape index (κ2) is 37.7. The van der Waals surface area contributed by atoms with E-state index >= 15 is 0 Å². The summed E-state index contributed by atoms with van der Waals surface area (Å²) < 4.78 is 112. The van der Waals surface area contributed by atoms with Gasteiger partial charge in [-0.25, -0.2) is 9.13 Å². The van der Waals surface area contributed by atoms with Crippen molar-refractivity contribution in [1.29, 1.82) is 0 Å².